The van der Waals surface area contributed by atoms with Gasteiger partial charge in [-0.05, 0) is 36.4 Å². The Kier molecular flexibility index (Phi) is 4.61. The van der Waals surface area contributed by atoms with E-state index in [9.17, 15) is 18.0 Å². The van der Waals surface area contributed by atoms with E-state index in [0.29, 0.717) is 11.4 Å². The lowest BCUT2D eigenvalue weighted by Crippen LogP contribution is -2.14. The third-order valence-corrected chi connectivity index (χ3v) is 3.16. The minimum Gasteiger partial charge on any atom is -0.495 e. The summed E-state index contributed by atoms with van der Waals surface area (Å²) >= 11 is 5.92. The number of methoxy groups -OCH3 is 1. The van der Waals surface area contributed by atoms with Crippen molar-refractivity contribution in [3.63, 3.8) is 0 Å². The zero-order valence-corrected chi connectivity index (χ0v) is 12.1. The third kappa shape index (κ3) is 3.71. The Bertz CT molecular complexity index is 701. The monoisotopic (exact) mass is 329 g/mol. The molecule has 0 saturated carbocycles. The number of rotatable bonds is 3. The predicted octanol–water partition coefficient (Wildman–Crippen LogP) is 4.62. The molecule has 1 amide bonds. The molecule has 2 rings (SSSR count). The van der Waals surface area contributed by atoms with Crippen LogP contribution in [0.4, 0.5) is 18.9 Å². The topological polar surface area (TPSA) is 38.3 Å². The Morgan fingerprint density at radius 3 is 2.50 bits per heavy atom. The number of carbonyl (C=O) groups is 1. The van der Waals surface area contributed by atoms with Gasteiger partial charge in [0.05, 0.1) is 17.7 Å². The molecule has 0 unspecified atom stereocenters. The van der Waals surface area contributed by atoms with Gasteiger partial charge in [0, 0.05) is 11.3 Å². The summed E-state index contributed by atoms with van der Waals surface area (Å²) in [5.41, 5.74) is -0.622. The molecule has 2 aromatic rings. The van der Waals surface area contributed by atoms with E-state index in [1.165, 1.54) is 31.4 Å². The highest BCUT2D eigenvalue weighted by Gasteiger charge is 2.30. The van der Waals surface area contributed by atoms with E-state index in [2.05, 4.69) is 5.32 Å². The average molecular weight is 330 g/mol. The number of alkyl halides is 3. The van der Waals surface area contributed by atoms with Crippen LogP contribution in [0.5, 0.6) is 5.75 Å². The molecule has 0 atom stereocenters. The smallest absolute Gasteiger partial charge is 0.416 e. The first kappa shape index (κ1) is 16.2. The number of amides is 1. The molecular weight excluding hydrogens is 319 g/mol. The van der Waals surface area contributed by atoms with Gasteiger partial charge >= 0.3 is 6.18 Å². The summed E-state index contributed by atoms with van der Waals surface area (Å²) in [4.78, 5) is 12.0. The summed E-state index contributed by atoms with van der Waals surface area (Å²) < 4.78 is 42.9. The maximum Gasteiger partial charge on any atom is 0.416 e. The van der Waals surface area contributed by atoms with Gasteiger partial charge < -0.3 is 10.1 Å². The molecule has 116 valence electrons. The van der Waals surface area contributed by atoms with Crippen molar-refractivity contribution in [3.05, 3.63) is 58.6 Å². The largest absolute Gasteiger partial charge is 0.495 e. The fourth-order valence-corrected chi connectivity index (χ4v) is 2.04. The lowest BCUT2D eigenvalue weighted by molar-refractivity contribution is -0.137. The number of nitrogens with one attached hydrogen (secondary N) is 1. The van der Waals surface area contributed by atoms with Crippen molar-refractivity contribution in [2.75, 3.05) is 12.4 Å². The molecule has 3 nitrogen and oxygen atoms in total. The maximum atomic E-state index is 12.6. The molecule has 0 aliphatic heterocycles. The second-order valence-electron chi connectivity index (χ2n) is 4.38. The molecule has 0 fully saturated rings. The molecule has 7 heteroatoms. The lowest BCUT2D eigenvalue weighted by atomic mass is 10.1. The molecule has 1 N–H and O–H groups in total. The summed E-state index contributed by atoms with van der Waals surface area (Å²) in [6.45, 7) is 0. The number of benzene rings is 2. The molecule has 0 heterocycles. The number of ether oxygens (including phenoxy) is 1. The van der Waals surface area contributed by atoms with E-state index in [4.69, 9.17) is 16.3 Å². The quantitative estimate of drug-likeness (QED) is 0.892. The van der Waals surface area contributed by atoms with E-state index >= 15 is 0 Å². The molecule has 2 aromatic carbocycles. The second-order valence-corrected chi connectivity index (χ2v) is 4.79. The maximum absolute atomic E-state index is 12.6. The SMILES string of the molecule is COc1ccc(NC(=O)c2cccc(C(F)(F)F)c2)cc1Cl. The average Bonchev–Trinajstić information content (AvgIpc) is 2.46. The highest BCUT2D eigenvalue weighted by atomic mass is 35.5. The van der Waals surface area contributed by atoms with Crippen LogP contribution in [0.3, 0.4) is 0 Å². The third-order valence-electron chi connectivity index (χ3n) is 2.86. The van der Waals surface area contributed by atoms with Crippen LogP contribution in [-0.2, 0) is 6.18 Å². The van der Waals surface area contributed by atoms with Gasteiger partial charge in [-0.25, -0.2) is 0 Å². The van der Waals surface area contributed by atoms with Crippen molar-refractivity contribution in [1.29, 1.82) is 0 Å². The molecule has 0 saturated heterocycles. The summed E-state index contributed by atoms with van der Waals surface area (Å²) in [5, 5.41) is 2.76. The Hall–Kier alpha value is -2.21. The molecule has 0 spiro atoms. The van der Waals surface area contributed by atoms with Gasteiger partial charge in [0.25, 0.3) is 5.91 Å². The number of hydrogen-bond acceptors (Lipinski definition) is 2. The van der Waals surface area contributed by atoms with Crippen LogP contribution in [0, 0.1) is 0 Å². The number of halogens is 4. The molecule has 0 radical (unpaired) electrons. The van der Waals surface area contributed by atoms with Crippen LogP contribution >= 0.6 is 11.6 Å². The summed E-state index contributed by atoms with van der Waals surface area (Å²) in [6, 6.07) is 8.71. The first-order valence-corrected chi connectivity index (χ1v) is 6.51. The molecule has 22 heavy (non-hydrogen) atoms. The summed E-state index contributed by atoms with van der Waals surface area (Å²) in [7, 11) is 1.45. The van der Waals surface area contributed by atoms with Gasteiger partial charge in [-0.1, -0.05) is 17.7 Å². The van der Waals surface area contributed by atoms with Crippen molar-refractivity contribution in [2.45, 2.75) is 6.18 Å². The molecule has 0 aromatic heterocycles. The van der Waals surface area contributed by atoms with E-state index in [1.54, 1.807) is 6.07 Å². The van der Waals surface area contributed by atoms with Crippen molar-refractivity contribution in [3.8, 4) is 5.75 Å². The Morgan fingerprint density at radius 1 is 1.18 bits per heavy atom. The fraction of sp³-hybridized carbons (Fsp3) is 0.133. The van der Waals surface area contributed by atoms with Crippen LogP contribution < -0.4 is 10.1 Å². The van der Waals surface area contributed by atoms with Gasteiger partial charge in [-0.2, -0.15) is 13.2 Å². The molecule has 0 aliphatic carbocycles. The van der Waals surface area contributed by atoms with E-state index < -0.39 is 17.6 Å². The summed E-state index contributed by atoms with van der Waals surface area (Å²) in [5.74, 6) is -0.230. The Labute approximate surface area is 129 Å². The highest BCUT2D eigenvalue weighted by Crippen LogP contribution is 2.30. The number of anilines is 1. The van der Waals surface area contributed by atoms with Crippen molar-refractivity contribution in [1.82, 2.24) is 0 Å². The fourth-order valence-electron chi connectivity index (χ4n) is 1.78. The first-order valence-electron chi connectivity index (χ1n) is 6.13. The van der Waals surface area contributed by atoms with E-state index in [0.717, 1.165) is 12.1 Å². The Morgan fingerprint density at radius 2 is 1.91 bits per heavy atom. The van der Waals surface area contributed by atoms with E-state index in [1.807, 2.05) is 0 Å². The minimum atomic E-state index is -4.50. The highest BCUT2D eigenvalue weighted by molar-refractivity contribution is 6.32. The van der Waals surface area contributed by atoms with Crippen molar-refractivity contribution in [2.24, 2.45) is 0 Å². The van der Waals surface area contributed by atoms with Crippen LogP contribution in [0.1, 0.15) is 15.9 Å². The van der Waals surface area contributed by atoms with Gasteiger partial charge in [-0.15, -0.1) is 0 Å². The van der Waals surface area contributed by atoms with Gasteiger partial charge in [0.1, 0.15) is 5.75 Å². The minimum absolute atomic E-state index is 0.0956. The normalized spacial score (nSPS) is 11.1. The van der Waals surface area contributed by atoms with Crippen molar-refractivity contribution < 1.29 is 22.7 Å². The number of hydrogen-bond donors (Lipinski definition) is 1. The summed E-state index contributed by atoms with van der Waals surface area (Å²) in [6.07, 6.45) is -4.50. The predicted molar refractivity (Wildman–Crippen MR) is 77.4 cm³/mol. The van der Waals surface area contributed by atoms with E-state index in [-0.39, 0.29) is 10.6 Å². The van der Waals surface area contributed by atoms with Crippen LogP contribution in [0.25, 0.3) is 0 Å². The van der Waals surface area contributed by atoms with Crippen LogP contribution in [0.15, 0.2) is 42.5 Å². The second kappa shape index (κ2) is 6.27. The number of carbonyl (C=O) groups excluding carboxylic acids is 1. The zero-order chi connectivity index (χ0) is 16.3. The zero-order valence-electron chi connectivity index (χ0n) is 11.4. The van der Waals surface area contributed by atoms with Crippen molar-refractivity contribution >= 4 is 23.2 Å². The standard InChI is InChI=1S/C15H11ClF3NO2/c1-22-13-6-5-11(8-12(13)16)20-14(21)9-3-2-4-10(7-9)15(17,18)19/h2-8H,1H3,(H,20,21). The van der Waals surface area contributed by atoms with Gasteiger partial charge in [-0.3, -0.25) is 4.79 Å². The first-order chi connectivity index (χ1) is 10.3. The van der Waals surface area contributed by atoms with Gasteiger partial charge in [0.15, 0.2) is 0 Å². The molecule has 0 aliphatic rings. The van der Waals surface area contributed by atoms with Crippen LogP contribution in [-0.4, -0.2) is 13.0 Å². The lowest BCUT2D eigenvalue weighted by Gasteiger charge is -2.10. The van der Waals surface area contributed by atoms with Crippen LogP contribution in [0.2, 0.25) is 5.02 Å². The molecule has 0 bridgehead atoms. The molecular formula is C15H11ClF3NO2. The van der Waals surface area contributed by atoms with Gasteiger partial charge in [0.2, 0.25) is 0 Å². The Balaban J connectivity index is 2.21.